The first-order chi connectivity index (χ1) is 8.68. The number of aliphatic carboxylic acids is 1. The number of carboxylic acids is 1. The highest BCUT2D eigenvalue weighted by atomic mass is 16.5. The third kappa shape index (κ3) is 6.43. The second kappa shape index (κ2) is 8.01. The molecule has 1 aromatic rings. The van der Waals surface area contributed by atoms with Gasteiger partial charge in [-0.05, 0) is 0 Å². The Bertz CT molecular complexity index is 367. The molecule has 0 aliphatic rings. The van der Waals surface area contributed by atoms with Crippen molar-refractivity contribution in [2.24, 2.45) is 0 Å². The molecule has 0 bridgehead atoms. The van der Waals surface area contributed by atoms with Gasteiger partial charge >= 0.3 is 12.0 Å². The zero-order valence-corrected chi connectivity index (χ0v) is 9.59. The fourth-order valence-electron chi connectivity index (χ4n) is 1.05. The number of amides is 2. The summed E-state index contributed by atoms with van der Waals surface area (Å²) in [6.07, 6.45) is 1.69. The highest BCUT2D eigenvalue weighted by Crippen LogP contribution is 1.87. The van der Waals surface area contributed by atoms with Crippen molar-refractivity contribution in [1.29, 1.82) is 0 Å². The number of carboxylic acid groups (broad SMARTS) is 1. The van der Waals surface area contributed by atoms with Crippen LogP contribution in [0.5, 0.6) is 0 Å². The number of hydrogen-bond donors (Lipinski definition) is 3. The monoisotopic (exact) mass is 258 g/mol. The Balaban J connectivity index is 1.95. The second-order valence-electron chi connectivity index (χ2n) is 3.23. The van der Waals surface area contributed by atoms with Crippen LogP contribution in [0, 0.1) is 0 Å². The number of ether oxygens (including phenoxy) is 1. The number of carbonyl (C=O) groups is 2. The van der Waals surface area contributed by atoms with Gasteiger partial charge in [0, 0.05) is 19.5 Å². The minimum Gasteiger partial charge on any atom is -0.480 e. The van der Waals surface area contributed by atoms with E-state index in [-0.39, 0.29) is 25.8 Å². The van der Waals surface area contributed by atoms with E-state index in [1.165, 1.54) is 6.39 Å². The zero-order chi connectivity index (χ0) is 13.2. The quantitative estimate of drug-likeness (QED) is 0.511. The Morgan fingerprint density at radius 3 is 2.83 bits per heavy atom. The SMILES string of the molecule is O=C(O)COCCNC(=O)NCCc1ncon1. The minimum absolute atomic E-state index is 0.143. The number of hydrogen-bond acceptors (Lipinski definition) is 6. The van der Waals surface area contributed by atoms with Crippen molar-refractivity contribution >= 4 is 12.0 Å². The van der Waals surface area contributed by atoms with Gasteiger partial charge in [-0.25, -0.2) is 9.59 Å². The van der Waals surface area contributed by atoms with E-state index in [0.29, 0.717) is 18.8 Å². The lowest BCUT2D eigenvalue weighted by atomic mass is 10.4. The van der Waals surface area contributed by atoms with Gasteiger partial charge < -0.3 is 25.0 Å². The lowest BCUT2D eigenvalue weighted by Gasteiger charge is -2.06. The topological polar surface area (TPSA) is 127 Å². The van der Waals surface area contributed by atoms with Crippen molar-refractivity contribution < 1.29 is 24.0 Å². The highest BCUT2D eigenvalue weighted by Gasteiger charge is 2.02. The first-order valence-electron chi connectivity index (χ1n) is 5.25. The Labute approximate surface area is 103 Å². The highest BCUT2D eigenvalue weighted by molar-refractivity contribution is 5.73. The summed E-state index contributed by atoms with van der Waals surface area (Å²) >= 11 is 0. The van der Waals surface area contributed by atoms with Crippen LogP contribution in [0.1, 0.15) is 5.82 Å². The normalized spacial score (nSPS) is 10.0. The molecule has 0 aliphatic heterocycles. The van der Waals surface area contributed by atoms with E-state index in [0.717, 1.165) is 0 Å². The lowest BCUT2D eigenvalue weighted by molar-refractivity contribution is -0.142. The lowest BCUT2D eigenvalue weighted by Crippen LogP contribution is -2.38. The van der Waals surface area contributed by atoms with Gasteiger partial charge in [0.05, 0.1) is 6.61 Å². The Hall–Kier alpha value is -2.16. The maximum absolute atomic E-state index is 11.2. The first kappa shape index (κ1) is 13.9. The van der Waals surface area contributed by atoms with Gasteiger partial charge in [-0.2, -0.15) is 4.98 Å². The average Bonchev–Trinajstić information content (AvgIpc) is 2.81. The van der Waals surface area contributed by atoms with Crippen LogP contribution in [0.15, 0.2) is 10.9 Å². The molecule has 100 valence electrons. The standard InChI is InChI=1S/C9H14N4O5/c14-8(15)5-17-4-3-11-9(16)10-2-1-7-12-6-18-13-7/h6H,1-5H2,(H,14,15)(H2,10,11,16). The number of nitrogens with zero attached hydrogens (tertiary/aromatic N) is 2. The molecule has 9 heteroatoms. The molecule has 2 amide bonds. The fourth-order valence-corrected chi connectivity index (χ4v) is 1.05. The molecule has 0 aromatic carbocycles. The Morgan fingerprint density at radius 2 is 2.17 bits per heavy atom. The van der Waals surface area contributed by atoms with Crippen molar-refractivity contribution in [3.05, 3.63) is 12.2 Å². The van der Waals surface area contributed by atoms with Gasteiger partial charge in [0.1, 0.15) is 6.61 Å². The van der Waals surface area contributed by atoms with E-state index >= 15 is 0 Å². The zero-order valence-electron chi connectivity index (χ0n) is 9.59. The van der Waals surface area contributed by atoms with Crippen LogP contribution in [-0.2, 0) is 16.0 Å². The van der Waals surface area contributed by atoms with Crippen molar-refractivity contribution in [3.63, 3.8) is 0 Å². The summed E-state index contributed by atoms with van der Waals surface area (Å²) in [4.78, 5) is 25.1. The molecule has 0 saturated heterocycles. The molecule has 0 fully saturated rings. The van der Waals surface area contributed by atoms with Crippen LogP contribution in [0.2, 0.25) is 0 Å². The molecule has 1 aromatic heterocycles. The fraction of sp³-hybridized carbons (Fsp3) is 0.556. The van der Waals surface area contributed by atoms with E-state index in [2.05, 4.69) is 25.3 Å². The van der Waals surface area contributed by atoms with E-state index in [4.69, 9.17) is 9.84 Å². The number of carbonyl (C=O) groups excluding carboxylic acids is 1. The predicted octanol–water partition coefficient (Wildman–Crippen LogP) is -0.987. The van der Waals surface area contributed by atoms with Gasteiger partial charge in [-0.3, -0.25) is 0 Å². The van der Waals surface area contributed by atoms with Crippen molar-refractivity contribution in [2.45, 2.75) is 6.42 Å². The smallest absolute Gasteiger partial charge is 0.329 e. The molecule has 3 N–H and O–H groups in total. The second-order valence-corrected chi connectivity index (χ2v) is 3.23. The molecule has 1 rings (SSSR count). The summed E-state index contributed by atoms with van der Waals surface area (Å²) in [7, 11) is 0. The van der Waals surface area contributed by atoms with Crippen LogP contribution >= 0.6 is 0 Å². The maximum Gasteiger partial charge on any atom is 0.329 e. The van der Waals surface area contributed by atoms with E-state index in [1.54, 1.807) is 0 Å². The Kier molecular flexibility index (Phi) is 6.19. The van der Waals surface area contributed by atoms with Gasteiger partial charge in [-0.1, -0.05) is 5.16 Å². The minimum atomic E-state index is -1.04. The molecular formula is C9H14N4O5. The number of rotatable bonds is 8. The first-order valence-corrected chi connectivity index (χ1v) is 5.25. The molecule has 1 heterocycles. The van der Waals surface area contributed by atoms with Crippen LogP contribution in [0.4, 0.5) is 4.79 Å². The van der Waals surface area contributed by atoms with Gasteiger partial charge in [0.25, 0.3) is 0 Å². The summed E-state index contributed by atoms with van der Waals surface area (Å²) in [5.74, 6) is -0.528. The van der Waals surface area contributed by atoms with Crippen LogP contribution in [0.25, 0.3) is 0 Å². The van der Waals surface area contributed by atoms with E-state index < -0.39 is 5.97 Å². The van der Waals surface area contributed by atoms with Crippen molar-refractivity contribution in [2.75, 3.05) is 26.3 Å². The molecule has 0 atom stereocenters. The van der Waals surface area contributed by atoms with Gasteiger partial charge in [-0.15, -0.1) is 0 Å². The molecule has 18 heavy (non-hydrogen) atoms. The molecule has 0 spiro atoms. The third-order valence-corrected chi connectivity index (χ3v) is 1.80. The van der Waals surface area contributed by atoms with E-state index in [1.807, 2.05) is 0 Å². The molecule has 0 unspecified atom stereocenters. The van der Waals surface area contributed by atoms with Gasteiger partial charge in [0.15, 0.2) is 5.82 Å². The third-order valence-electron chi connectivity index (χ3n) is 1.80. The maximum atomic E-state index is 11.2. The largest absolute Gasteiger partial charge is 0.480 e. The summed E-state index contributed by atoms with van der Waals surface area (Å²) in [5.41, 5.74) is 0. The number of urea groups is 1. The summed E-state index contributed by atoms with van der Waals surface area (Å²) in [5, 5.41) is 16.9. The van der Waals surface area contributed by atoms with Gasteiger partial charge in [0.2, 0.25) is 6.39 Å². The van der Waals surface area contributed by atoms with E-state index in [9.17, 15) is 9.59 Å². The van der Waals surface area contributed by atoms with Crippen molar-refractivity contribution in [1.82, 2.24) is 20.8 Å². The number of aromatic nitrogens is 2. The predicted molar refractivity (Wildman–Crippen MR) is 57.9 cm³/mol. The molecule has 0 aliphatic carbocycles. The van der Waals surface area contributed by atoms with Crippen LogP contribution < -0.4 is 10.6 Å². The average molecular weight is 258 g/mol. The summed E-state index contributed by atoms with van der Waals surface area (Å²) < 4.78 is 9.26. The Morgan fingerprint density at radius 1 is 1.39 bits per heavy atom. The summed E-state index contributed by atoms with van der Waals surface area (Å²) in [6.45, 7) is 0.383. The van der Waals surface area contributed by atoms with Crippen LogP contribution in [0.3, 0.4) is 0 Å². The molecule has 0 radical (unpaired) electrons. The molecular weight excluding hydrogens is 244 g/mol. The molecule has 9 nitrogen and oxygen atoms in total. The van der Waals surface area contributed by atoms with Crippen LogP contribution in [-0.4, -0.2) is 53.6 Å². The number of nitrogens with one attached hydrogen (secondary N) is 2. The molecule has 0 saturated carbocycles. The summed E-state index contributed by atoms with van der Waals surface area (Å²) in [6, 6.07) is -0.364. The van der Waals surface area contributed by atoms with Crippen molar-refractivity contribution in [3.8, 4) is 0 Å².